The first kappa shape index (κ1) is 56.1. The van der Waals surface area contributed by atoms with E-state index in [1.807, 2.05) is 91.0 Å². The first-order chi connectivity index (χ1) is 38.8. The molecule has 0 amide bonds. The lowest BCUT2D eigenvalue weighted by atomic mass is 9.68. The summed E-state index contributed by atoms with van der Waals surface area (Å²) >= 11 is 0. The Morgan fingerprint density at radius 2 is 1.22 bits per heavy atom. The Hall–Kier alpha value is -6.83. The van der Waals surface area contributed by atoms with Gasteiger partial charge in [0.1, 0.15) is 28.7 Å². The number of halogens is 6. The van der Waals surface area contributed by atoms with Crippen LogP contribution in [-0.4, -0.2) is 53.5 Å². The lowest BCUT2D eigenvalue weighted by Crippen LogP contribution is -2.46. The van der Waals surface area contributed by atoms with E-state index in [0.29, 0.717) is 99.6 Å². The number of nitrogens with zero attached hydrogens (tertiary/aromatic N) is 2. The van der Waals surface area contributed by atoms with Crippen molar-refractivity contribution >= 4 is 34.2 Å². The summed E-state index contributed by atoms with van der Waals surface area (Å²) in [6, 6.07) is 27.2. The number of methoxy groups -OCH3 is 3. The number of rotatable bonds is 14. The molecular weight excluding hydrogens is 1040 g/mol. The van der Waals surface area contributed by atoms with Crippen LogP contribution in [0.3, 0.4) is 0 Å². The third kappa shape index (κ3) is 10.6. The van der Waals surface area contributed by atoms with Crippen LogP contribution in [0.4, 0.5) is 37.7 Å². The van der Waals surface area contributed by atoms with Crippen LogP contribution in [0.1, 0.15) is 137 Å². The standard InChI is InChI=1S/C67H72F6N2O6/c1-7-8-9-10-41-11-13-42(14-12-41)43-15-17-44(18-16-43)63(76)80-51-29-23-48(24-30-51)74-33-35-75(36-34-74)57-39-53-54(40-58(57)79-6)62-52(61-59(53)55-37-47(66(68,69)70)38-56(67(71,72)73)60(55)64(61,2)3)31-32-65(81-62,45-19-25-49(77-4)26-20-45)46-21-27-50(78-5)28-22-46/h19-32,37-44H,7-18,33-36H2,1-6H3/t41-,42-,43-,44-. The Bertz CT molecular complexity index is 3240. The molecule has 3 fully saturated rings. The summed E-state index contributed by atoms with van der Waals surface area (Å²) < 4.78 is 121. The highest BCUT2D eigenvalue weighted by atomic mass is 19.4. The van der Waals surface area contributed by atoms with Gasteiger partial charge in [0.15, 0.2) is 5.60 Å². The van der Waals surface area contributed by atoms with Crippen molar-refractivity contribution in [2.24, 2.45) is 23.7 Å². The highest BCUT2D eigenvalue weighted by molar-refractivity contribution is 6.10. The number of carbonyl (C=O) groups excluding carboxylic acids is 1. The summed E-state index contributed by atoms with van der Waals surface area (Å²) in [4.78, 5) is 17.8. The fourth-order valence-corrected chi connectivity index (χ4v) is 14.3. The van der Waals surface area contributed by atoms with Crippen LogP contribution in [0, 0.1) is 23.7 Å². The summed E-state index contributed by atoms with van der Waals surface area (Å²) in [5.74, 6) is 4.66. The molecule has 0 unspecified atom stereocenters. The smallest absolute Gasteiger partial charge is 0.416 e. The average Bonchev–Trinajstić information content (AvgIpc) is 3.96. The molecule has 5 aliphatic rings. The molecule has 14 heteroatoms. The minimum absolute atomic E-state index is 0.0921. The van der Waals surface area contributed by atoms with Crippen LogP contribution >= 0.6 is 0 Å². The third-order valence-electron chi connectivity index (χ3n) is 18.6. The molecule has 0 aromatic heterocycles. The molecule has 6 aromatic rings. The summed E-state index contributed by atoms with van der Waals surface area (Å²) in [5, 5.41) is 0.871. The molecule has 0 bridgehead atoms. The van der Waals surface area contributed by atoms with Gasteiger partial charge in [-0.1, -0.05) is 89.6 Å². The number of carbonyl (C=O) groups is 1. The lowest BCUT2D eigenvalue weighted by molar-refractivity contribution is -0.144. The van der Waals surface area contributed by atoms with E-state index in [0.717, 1.165) is 49.3 Å². The summed E-state index contributed by atoms with van der Waals surface area (Å²) in [7, 11) is 4.69. The van der Waals surface area contributed by atoms with E-state index in [4.69, 9.17) is 23.7 Å². The van der Waals surface area contributed by atoms with Gasteiger partial charge in [-0.25, -0.2) is 0 Å². The predicted molar refractivity (Wildman–Crippen MR) is 306 cm³/mol. The normalized spacial score (nSPS) is 21.2. The Morgan fingerprint density at radius 3 is 1.78 bits per heavy atom. The number of ether oxygens (including phenoxy) is 5. The topological polar surface area (TPSA) is 69.7 Å². The number of piperazine rings is 1. The minimum atomic E-state index is -5.12. The van der Waals surface area contributed by atoms with Crippen molar-refractivity contribution in [1.82, 2.24) is 0 Å². The number of benzene rings is 6. The molecule has 3 aliphatic carbocycles. The van der Waals surface area contributed by atoms with E-state index in [9.17, 15) is 18.0 Å². The van der Waals surface area contributed by atoms with E-state index in [1.54, 1.807) is 41.2 Å². The Kier molecular flexibility index (Phi) is 15.3. The number of alkyl halides is 6. The van der Waals surface area contributed by atoms with Crippen molar-refractivity contribution in [2.45, 2.75) is 121 Å². The zero-order chi connectivity index (χ0) is 57.0. The van der Waals surface area contributed by atoms with Gasteiger partial charge in [0.2, 0.25) is 0 Å². The van der Waals surface area contributed by atoms with E-state index >= 15 is 13.2 Å². The van der Waals surface area contributed by atoms with Gasteiger partial charge in [0.25, 0.3) is 0 Å². The van der Waals surface area contributed by atoms with Crippen molar-refractivity contribution in [2.75, 3.05) is 57.3 Å². The third-order valence-corrected chi connectivity index (χ3v) is 18.6. The zero-order valence-electron chi connectivity index (χ0n) is 47.1. The maximum Gasteiger partial charge on any atom is 0.416 e. The first-order valence-corrected chi connectivity index (χ1v) is 28.9. The van der Waals surface area contributed by atoms with Crippen molar-refractivity contribution in [1.29, 1.82) is 0 Å². The molecule has 2 aliphatic heterocycles. The molecular formula is C67H72F6N2O6. The van der Waals surface area contributed by atoms with Crippen molar-refractivity contribution in [3.8, 4) is 39.9 Å². The Morgan fingerprint density at radius 1 is 0.642 bits per heavy atom. The van der Waals surface area contributed by atoms with Crippen LogP contribution in [-0.2, 0) is 28.2 Å². The predicted octanol–water partition coefficient (Wildman–Crippen LogP) is 17.0. The highest BCUT2D eigenvalue weighted by Gasteiger charge is 2.50. The molecule has 11 rings (SSSR count). The Labute approximate surface area is 471 Å². The SMILES string of the molecule is CCCCC[C@H]1CC[C@H]([C@H]2CC[C@H](C(=O)Oc3ccc(N4CCN(c5cc6c7c(c8c(c6cc5OC)OC(c5ccc(OC)cc5)(c5ccc(OC)cc5)C=C8)C(C)(C)c5c-7cc(C(F)(F)F)cc5C(F)(F)F)CC4)cc3)CC2)CC1. The van der Waals surface area contributed by atoms with Crippen LogP contribution in [0.15, 0.2) is 103 Å². The van der Waals surface area contributed by atoms with Crippen molar-refractivity contribution in [3.05, 3.63) is 142 Å². The molecule has 428 valence electrons. The summed E-state index contributed by atoms with van der Waals surface area (Å²) in [6.07, 6.45) is 8.14. The molecule has 0 atom stereocenters. The van der Waals surface area contributed by atoms with E-state index in [2.05, 4.69) is 16.7 Å². The van der Waals surface area contributed by atoms with Gasteiger partial charge in [0.05, 0.1) is 44.1 Å². The second-order valence-corrected chi connectivity index (χ2v) is 23.5. The van der Waals surface area contributed by atoms with Gasteiger partial charge in [-0.2, -0.15) is 26.3 Å². The number of anilines is 2. The van der Waals surface area contributed by atoms with Crippen molar-refractivity contribution in [3.63, 3.8) is 0 Å². The van der Waals surface area contributed by atoms with Crippen LogP contribution in [0.2, 0.25) is 0 Å². The molecule has 81 heavy (non-hydrogen) atoms. The maximum atomic E-state index is 15.3. The second kappa shape index (κ2) is 22.2. The van der Waals surface area contributed by atoms with Gasteiger partial charge < -0.3 is 33.5 Å². The molecule has 0 spiro atoms. The van der Waals surface area contributed by atoms with E-state index in [1.165, 1.54) is 51.4 Å². The molecule has 0 N–H and O–H groups in total. The maximum absolute atomic E-state index is 15.3. The van der Waals surface area contributed by atoms with E-state index < -0.39 is 34.5 Å². The molecule has 8 nitrogen and oxygen atoms in total. The lowest BCUT2D eigenvalue weighted by Gasteiger charge is -2.39. The minimum Gasteiger partial charge on any atom is -0.497 e. The number of hydrogen-bond donors (Lipinski definition) is 0. The fraction of sp³-hybridized carbons (Fsp3) is 0.448. The quantitative estimate of drug-likeness (QED) is 0.0462. The Balaban J connectivity index is 0.892. The first-order valence-electron chi connectivity index (χ1n) is 28.9. The summed E-state index contributed by atoms with van der Waals surface area (Å²) in [6.45, 7) is 7.71. The van der Waals surface area contributed by atoms with Gasteiger partial charge in [-0.15, -0.1) is 0 Å². The van der Waals surface area contributed by atoms with Gasteiger partial charge >= 0.3 is 18.3 Å². The monoisotopic (exact) mass is 1110 g/mol. The van der Waals surface area contributed by atoms with Gasteiger partial charge in [-0.3, -0.25) is 4.79 Å². The number of hydrogen-bond acceptors (Lipinski definition) is 8. The average molecular weight is 1120 g/mol. The molecule has 6 aromatic carbocycles. The number of esters is 1. The molecule has 0 radical (unpaired) electrons. The molecule has 1 saturated heterocycles. The zero-order valence-corrected chi connectivity index (χ0v) is 47.1. The van der Waals surface area contributed by atoms with Gasteiger partial charge in [-0.05, 0) is 163 Å². The van der Waals surface area contributed by atoms with Gasteiger partial charge in [0, 0.05) is 59.4 Å². The molecule has 2 heterocycles. The fourth-order valence-electron chi connectivity index (χ4n) is 14.3. The summed E-state index contributed by atoms with van der Waals surface area (Å²) in [5.41, 5.74) is -1.72. The van der Waals surface area contributed by atoms with E-state index in [-0.39, 0.29) is 34.6 Å². The molecule has 2 saturated carbocycles. The largest absolute Gasteiger partial charge is 0.497 e. The number of unbranched alkanes of at least 4 members (excludes halogenated alkanes) is 2. The van der Waals surface area contributed by atoms with Crippen molar-refractivity contribution < 1.29 is 54.8 Å². The van der Waals surface area contributed by atoms with Crippen LogP contribution in [0.5, 0.6) is 28.7 Å². The highest BCUT2D eigenvalue weighted by Crippen LogP contribution is 2.62. The second-order valence-electron chi connectivity index (χ2n) is 23.5. The number of fused-ring (bicyclic) bond motifs is 8. The van der Waals surface area contributed by atoms with Crippen LogP contribution in [0.25, 0.3) is 28.0 Å². The van der Waals surface area contributed by atoms with Crippen LogP contribution < -0.4 is 33.5 Å².